The molecule has 4 aromatic rings. The molecule has 0 saturated heterocycles. The molecule has 1 heterocycles. The van der Waals surface area contributed by atoms with E-state index in [1.807, 2.05) is 129 Å². The van der Waals surface area contributed by atoms with Crippen LogP contribution in [0.5, 0.6) is 5.75 Å². The van der Waals surface area contributed by atoms with Crippen molar-refractivity contribution in [1.82, 2.24) is 14.9 Å². The van der Waals surface area contributed by atoms with E-state index in [9.17, 15) is 4.79 Å². The Bertz CT molecular complexity index is 1600. The van der Waals surface area contributed by atoms with Gasteiger partial charge in [-0.1, -0.05) is 97.1 Å². The molecule has 0 spiro atoms. The number of benzene rings is 3. The number of hydrogen-bond donors (Lipinski definition) is 1. The zero-order chi connectivity index (χ0) is 29.0. The van der Waals surface area contributed by atoms with E-state index in [4.69, 9.17) is 9.72 Å². The lowest BCUT2D eigenvalue weighted by molar-refractivity contribution is -0.122. The number of allylic oxidation sites excluding steroid dienone is 7. The van der Waals surface area contributed by atoms with Gasteiger partial charge in [0.15, 0.2) is 0 Å². The van der Waals surface area contributed by atoms with Crippen LogP contribution in [0.25, 0.3) is 29.0 Å². The number of methoxy groups -OCH3 is 1. The van der Waals surface area contributed by atoms with Gasteiger partial charge in [0.05, 0.1) is 18.8 Å². The summed E-state index contributed by atoms with van der Waals surface area (Å²) in [5.41, 5.74) is 3.96. The monoisotopic (exact) mass is 543 g/mol. The Morgan fingerprint density at radius 3 is 2.41 bits per heavy atom. The summed E-state index contributed by atoms with van der Waals surface area (Å²) in [5, 5.41) is 5.48. The molecule has 3 aromatic carbocycles. The van der Waals surface area contributed by atoms with Crippen molar-refractivity contribution in [2.45, 2.75) is 33.4 Å². The highest BCUT2D eigenvalue weighted by Crippen LogP contribution is 2.24. The van der Waals surface area contributed by atoms with Crippen molar-refractivity contribution >= 4 is 34.9 Å². The molecular formula is C36H37N3O2. The quantitative estimate of drug-likeness (QED) is 0.194. The van der Waals surface area contributed by atoms with E-state index in [2.05, 4.69) is 29.6 Å². The molecule has 4 rings (SSSR count). The van der Waals surface area contributed by atoms with E-state index in [0.29, 0.717) is 5.82 Å². The van der Waals surface area contributed by atoms with E-state index >= 15 is 0 Å². The Kier molecular flexibility index (Phi) is 10.3. The third kappa shape index (κ3) is 8.05. The highest BCUT2D eigenvalue weighted by atomic mass is 16.5. The number of amides is 1. The molecule has 0 saturated carbocycles. The lowest BCUT2D eigenvalue weighted by Crippen LogP contribution is -2.30. The molecule has 0 radical (unpaired) electrons. The number of nitrogens with one attached hydrogen (secondary N) is 1. The average Bonchev–Trinajstić information content (AvgIpc) is 3.36. The van der Waals surface area contributed by atoms with Crippen molar-refractivity contribution in [2.24, 2.45) is 0 Å². The highest BCUT2D eigenvalue weighted by molar-refractivity contribution is 5.87. The molecule has 0 aliphatic rings. The van der Waals surface area contributed by atoms with Crippen LogP contribution in [0.4, 0.5) is 0 Å². The molecule has 1 atom stereocenters. The van der Waals surface area contributed by atoms with Gasteiger partial charge in [0.25, 0.3) is 0 Å². The van der Waals surface area contributed by atoms with Gasteiger partial charge < -0.3 is 14.6 Å². The van der Waals surface area contributed by atoms with Gasteiger partial charge in [-0.2, -0.15) is 0 Å². The van der Waals surface area contributed by atoms with E-state index in [1.54, 1.807) is 7.11 Å². The molecule has 208 valence electrons. The molecule has 1 aromatic heterocycles. The lowest BCUT2D eigenvalue weighted by atomic mass is 10.00. The fourth-order valence-electron chi connectivity index (χ4n) is 4.63. The maximum atomic E-state index is 13.2. The standard InChI is InChI=1S/C36H37N3O2/c1-5-11-28(12-6-2)13-9-16-31-25-39(35(38-31)24-21-29-19-22-32(41-4)23-20-29)26-36(40)37-27(3)33-18-10-15-30-14-7-8-17-34(30)33/h5-25,27H,26H2,1-4H3,(H,37,40)/b11-5-,12-6+,16-9+,24-21+,28-13+. The summed E-state index contributed by atoms with van der Waals surface area (Å²) in [7, 11) is 1.65. The first kappa shape index (κ1) is 29.1. The SMILES string of the molecule is C\C=C/C(=C\C=C\c1cn(CC(=O)NC(C)c2cccc3ccccc23)c(/C=C/c2ccc(OC)cc2)n1)/C=C/C. The predicted molar refractivity (Wildman–Crippen MR) is 171 cm³/mol. The van der Waals surface area contributed by atoms with Gasteiger partial charge in [-0.25, -0.2) is 4.98 Å². The Hall–Kier alpha value is -4.90. The number of ether oxygens (including phenoxy) is 1. The first-order valence-electron chi connectivity index (χ1n) is 13.8. The summed E-state index contributed by atoms with van der Waals surface area (Å²) < 4.78 is 7.15. The number of fused-ring (bicyclic) bond motifs is 1. The van der Waals surface area contributed by atoms with Gasteiger partial charge in [0.2, 0.25) is 5.91 Å². The number of carbonyl (C=O) groups excluding carboxylic acids is 1. The van der Waals surface area contributed by atoms with Crippen molar-refractivity contribution in [1.29, 1.82) is 0 Å². The Labute approximate surface area is 242 Å². The molecule has 0 aliphatic carbocycles. The zero-order valence-corrected chi connectivity index (χ0v) is 24.1. The lowest BCUT2D eigenvalue weighted by Gasteiger charge is -2.17. The number of rotatable bonds is 11. The summed E-state index contributed by atoms with van der Waals surface area (Å²) in [6.07, 6.45) is 19.9. The predicted octanol–water partition coefficient (Wildman–Crippen LogP) is 8.18. The average molecular weight is 544 g/mol. The minimum Gasteiger partial charge on any atom is -0.497 e. The van der Waals surface area contributed by atoms with E-state index in [1.165, 1.54) is 0 Å². The van der Waals surface area contributed by atoms with Gasteiger partial charge in [0, 0.05) is 6.20 Å². The summed E-state index contributed by atoms with van der Waals surface area (Å²) in [6.45, 7) is 6.16. The van der Waals surface area contributed by atoms with Crippen LogP contribution < -0.4 is 10.1 Å². The summed E-state index contributed by atoms with van der Waals surface area (Å²) in [4.78, 5) is 18.0. The number of hydrogen-bond acceptors (Lipinski definition) is 3. The van der Waals surface area contributed by atoms with Crippen molar-refractivity contribution in [2.75, 3.05) is 7.11 Å². The first-order chi connectivity index (χ1) is 20.0. The molecule has 1 unspecified atom stereocenters. The van der Waals surface area contributed by atoms with E-state index in [-0.39, 0.29) is 18.5 Å². The highest BCUT2D eigenvalue weighted by Gasteiger charge is 2.14. The van der Waals surface area contributed by atoms with Crippen LogP contribution in [-0.4, -0.2) is 22.6 Å². The van der Waals surface area contributed by atoms with Gasteiger partial charge in [-0.05, 0) is 72.5 Å². The maximum Gasteiger partial charge on any atom is 0.240 e. The second kappa shape index (κ2) is 14.5. The minimum absolute atomic E-state index is 0.0826. The van der Waals surface area contributed by atoms with Crippen LogP contribution in [-0.2, 0) is 11.3 Å². The summed E-state index contributed by atoms with van der Waals surface area (Å²) in [6, 6.07) is 22.1. The Morgan fingerprint density at radius 2 is 1.68 bits per heavy atom. The summed E-state index contributed by atoms with van der Waals surface area (Å²) >= 11 is 0. The van der Waals surface area contributed by atoms with Crippen molar-refractivity contribution in [3.8, 4) is 5.75 Å². The number of aromatic nitrogens is 2. The fourth-order valence-corrected chi connectivity index (χ4v) is 4.63. The molecular weight excluding hydrogens is 506 g/mol. The maximum absolute atomic E-state index is 13.2. The topological polar surface area (TPSA) is 56.2 Å². The number of carbonyl (C=O) groups is 1. The fraction of sp³-hybridized carbons (Fsp3) is 0.167. The largest absolute Gasteiger partial charge is 0.497 e. The smallest absolute Gasteiger partial charge is 0.240 e. The number of nitrogens with zero attached hydrogens (tertiary/aromatic N) is 2. The van der Waals surface area contributed by atoms with Crippen LogP contribution in [0.15, 0.2) is 115 Å². The second-order valence-electron chi connectivity index (χ2n) is 9.64. The Morgan fingerprint density at radius 1 is 0.951 bits per heavy atom. The molecule has 5 heteroatoms. The van der Waals surface area contributed by atoms with E-state index in [0.717, 1.165) is 38.9 Å². The van der Waals surface area contributed by atoms with Crippen LogP contribution >= 0.6 is 0 Å². The van der Waals surface area contributed by atoms with E-state index < -0.39 is 0 Å². The van der Waals surface area contributed by atoms with Crippen LogP contribution in [0, 0.1) is 0 Å². The molecule has 41 heavy (non-hydrogen) atoms. The summed E-state index contributed by atoms with van der Waals surface area (Å²) in [5.74, 6) is 1.41. The van der Waals surface area contributed by atoms with Crippen LogP contribution in [0.2, 0.25) is 0 Å². The molecule has 0 aliphatic heterocycles. The Balaban J connectivity index is 1.57. The van der Waals surface area contributed by atoms with Gasteiger partial charge in [-0.3, -0.25) is 4.79 Å². The van der Waals surface area contributed by atoms with Crippen molar-refractivity contribution < 1.29 is 9.53 Å². The molecule has 0 fully saturated rings. The van der Waals surface area contributed by atoms with Gasteiger partial charge in [0.1, 0.15) is 18.1 Å². The first-order valence-corrected chi connectivity index (χ1v) is 13.8. The zero-order valence-electron chi connectivity index (χ0n) is 24.1. The third-order valence-corrected chi connectivity index (χ3v) is 6.62. The number of imidazole rings is 1. The van der Waals surface area contributed by atoms with Gasteiger partial charge >= 0.3 is 0 Å². The van der Waals surface area contributed by atoms with Crippen LogP contribution in [0.1, 0.15) is 49.5 Å². The molecule has 1 amide bonds. The second-order valence-corrected chi connectivity index (χ2v) is 9.64. The van der Waals surface area contributed by atoms with Crippen molar-refractivity contribution in [3.05, 3.63) is 138 Å². The molecule has 0 bridgehead atoms. The molecule has 1 N–H and O–H groups in total. The molecule has 5 nitrogen and oxygen atoms in total. The minimum atomic E-state index is -0.142. The third-order valence-electron chi connectivity index (χ3n) is 6.62. The normalized spacial score (nSPS) is 13.2. The van der Waals surface area contributed by atoms with Crippen LogP contribution in [0.3, 0.4) is 0 Å². The van der Waals surface area contributed by atoms with Crippen molar-refractivity contribution in [3.63, 3.8) is 0 Å². The van der Waals surface area contributed by atoms with Gasteiger partial charge in [-0.15, -0.1) is 0 Å².